The van der Waals surface area contributed by atoms with E-state index in [1.165, 1.54) is 37.6 Å². The van der Waals surface area contributed by atoms with E-state index in [9.17, 15) is 36.6 Å². The fourth-order valence-corrected chi connectivity index (χ4v) is 8.46. The third kappa shape index (κ3) is 12.9. The van der Waals surface area contributed by atoms with Crippen molar-refractivity contribution in [1.29, 1.82) is 0 Å². The molecule has 0 spiro atoms. The molecule has 0 radical (unpaired) electrons. The van der Waals surface area contributed by atoms with Gasteiger partial charge in [-0.25, -0.2) is 22.5 Å². The molecule has 17 nitrogen and oxygen atoms in total. The number of aliphatic carboxylic acids is 1. The van der Waals surface area contributed by atoms with Crippen LogP contribution in [0.1, 0.15) is 53.3 Å². The third-order valence-electron chi connectivity index (χ3n) is 7.65. The number of methoxy groups -OCH3 is 1. The smallest absolute Gasteiger partial charge is 0.339 e. The van der Waals surface area contributed by atoms with Crippen molar-refractivity contribution in [1.82, 2.24) is 19.8 Å². The number of hydrogen-bond donors (Lipinski definition) is 4. The number of aromatic nitrogens is 3. The van der Waals surface area contributed by atoms with Crippen molar-refractivity contribution >= 4 is 87.1 Å². The van der Waals surface area contributed by atoms with Crippen LogP contribution >= 0.6 is 53.9 Å². The molecule has 304 valence electrons. The Bertz CT molecular complexity index is 2390. The SMILES string of the molecule is COC(=O)CSc1cc(/N=c2\sc(=O)n3n2CCCC3)c(F)cc1Cl.CS(=O)(=O)c1cc(Cl)ccc1C(=O)c1cnoc1C1CC1.O=C(O)CNCP(=O)(O)O. The zero-order valence-corrected chi connectivity index (χ0v) is 34.4. The van der Waals surface area contributed by atoms with Gasteiger partial charge in [-0.1, -0.05) is 28.4 Å². The summed E-state index contributed by atoms with van der Waals surface area (Å²) < 4.78 is 61.2. The highest BCUT2D eigenvalue weighted by molar-refractivity contribution is 8.00. The fourth-order valence-electron chi connectivity index (χ4n) is 4.93. The van der Waals surface area contributed by atoms with Crippen LogP contribution in [0.15, 0.2) is 60.6 Å². The summed E-state index contributed by atoms with van der Waals surface area (Å²) in [6.45, 7) is 0.885. The van der Waals surface area contributed by atoms with Crippen LogP contribution in [0.4, 0.5) is 10.1 Å². The number of carbonyl (C=O) groups is 3. The van der Waals surface area contributed by atoms with Crippen molar-refractivity contribution in [3.63, 3.8) is 0 Å². The molecule has 6 rings (SSSR count). The molecule has 56 heavy (non-hydrogen) atoms. The monoisotopic (exact) mass is 897 g/mol. The number of thioether (sulfide) groups is 1. The first-order valence-corrected chi connectivity index (χ1v) is 22.5. The number of nitrogens with one attached hydrogen (secondary N) is 1. The van der Waals surface area contributed by atoms with E-state index in [0.717, 1.165) is 61.1 Å². The number of carboxylic acid groups (broad SMARTS) is 1. The number of ketones is 1. The molecule has 1 fully saturated rings. The van der Waals surface area contributed by atoms with E-state index in [1.54, 1.807) is 9.36 Å². The summed E-state index contributed by atoms with van der Waals surface area (Å²) in [7, 11) is -6.37. The first-order valence-electron chi connectivity index (χ1n) is 16.3. The molecule has 4 N–H and O–H groups in total. The largest absolute Gasteiger partial charge is 0.480 e. The number of nitrogens with zero attached hydrogens (tertiary/aromatic N) is 4. The lowest BCUT2D eigenvalue weighted by Crippen LogP contribution is -2.31. The third-order valence-corrected chi connectivity index (χ3v) is 12.0. The molecule has 24 heteroatoms. The van der Waals surface area contributed by atoms with Crippen LogP contribution in [0.25, 0.3) is 0 Å². The molecular weight excluding hydrogens is 863 g/mol. The number of ether oxygens (including phenoxy) is 1. The molecule has 0 saturated heterocycles. The number of sulfone groups is 1. The summed E-state index contributed by atoms with van der Waals surface area (Å²) in [5.74, 6) is -1.73. The van der Waals surface area contributed by atoms with E-state index in [1.807, 2.05) is 0 Å². The zero-order chi connectivity index (χ0) is 41.4. The summed E-state index contributed by atoms with van der Waals surface area (Å²) in [4.78, 5) is 67.2. The minimum atomic E-state index is -4.10. The number of rotatable bonds is 12. The van der Waals surface area contributed by atoms with Gasteiger partial charge in [0.25, 0.3) is 0 Å². The van der Waals surface area contributed by atoms with Gasteiger partial charge in [-0.2, -0.15) is 0 Å². The van der Waals surface area contributed by atoms with Crippen LogP contribution in [0, 0.1) is 5.82 Å². The highest BCUT2D eigenvalue weighted by Gasteiger charge is 2.34. The van der Waals surface area contributed by atoms with Crippen LogP contribution in [-0.2, 0) is 41.8 Å². The van der Waals surface area contributed by atoms with Crippen molar-refractivity contribution in [3.8, 4) is 0 Å². The molecule has 0 unspecified atom stereocenters. The molecule has 1 aliphatic carbocycles. The molecule has 4 aromatic rings. The molecular formula is C32H35Cl2FN5O12PS3. The minimum Gasteiger partial charge on any atom is -0.480 e. The van der Waals surface area contributed by atoms with Gasteiger partial charge in [0.1, 0.15) is 11.5 Å². The lowest BCUT2D eigenvalue weighted by molar-refractivity contribution is -0.137. The number of carbonyl (C=O) groups excluding carboxylic acids is 2. The molecule has 2 aliphatic rings. The van der Waals surface area contributed by atoms with E-state index in [2.05, 4.69) is 20.2 Å². The highest BCUT2D eigenvalue weighted by Crippen LogP contribution is 2.42. The molecule has 0 bridgehead atoms. The number of esters is 1. The molecule has 3 heterocycles. The molecule has 2 aromatic heterocycles. The van der Waals surface area contributed by atoms with Crippen LogP contribution in [-0.4, -0.2) is 87.5 Å². The second kappa shape index (κ2) is 19.7. The number of hydrogen-bond acceptors (Lipinski definition) is 14. The van der Waals surface area contributed by atoms with E-state index in [0.29, 0.717) is 34.1 Å². The van der Waals surface area contributed by atoms with Crippen LogP contribution in [0.3, 0.4) is 0 Å². The van der Waals surface area contributed by atoms with E-state index in [-0.39, 0.29) is 42.7 Å². The van der Waals surface area contributed by atoms with Crippen LogP contribution < -0.4 is 15.0 Å². The maximum atomic E-state index is 14.3. The maximum Gasteiger partial charge on any atom is 0.339 e. The Kier molecular flexibility index (Phi) is 15.8. The second-order valence-electron chi connectivity index (χ2n) is 12.1. The number of carboxylic acids is 1. The average molecular weight is 899 g/mol. The van der Waals surface area contributed by atoms with Gasteiger partial charge >= 0.3 is 24.4 Å². The van der Waals surface area contributed by atoms with E-state index in [4.69, 9.17) is 42.6 Å². The predicted molar refractivity (Wildman–Crippen MR) is 204 cm³/mol. The van der Waals surface area contributed by atoms with E-state index < -0.39 is 53.8 Å². The van der Waals surface area contributed by atoms with Gasteiger partial charge in [-0.05, 0) is 67.4 Å². The van der Waals surface area contributed by atoms with Gasteiger partial charge in [0.15, 0.2) is 21.4 Å². The van der Waals surface area contributed by atoms with Crippen molar-refractivity contribution in [2.45, 2.75) is 54.5 Å². The molecule has 2 aromatic carbocycles. The summed E-state index contributed by atoms with van der Waals surface area (Å²) in [5.41, 5.74) is 0.496. The van der Waals surface area contributed by atoms with Crippen molar-refractivity contribution in [3.05, 3.63) is 83.7 Å². The summed E-state index contributed by atoms with van der Waals surface area (Å²) in [6, 6.07) is 6.85. The summed E-state index contributed by atoms with van der Waals surface area (Å²) in [5, 5.41) is 14.2. The number of benzene rings is 2. The van der Waals surface area contributed by atoms with Gasteiger partial charge in [0.2, 0.25) is 4.80 Å². The second-order valence-corrected chi connectivity index (χ2v) is 18.5. The summed E-state index contributed by atoms with van der Waals surface area (Å²) in [6.07, 6.45) is 5.59. The van der Waals surface area contributed by atoms with Gasteiger partial charge in [0.05, 0.1) is 47.4 Å². The standard InChI is InChI=1S/C15H15ClFN3O3S2.C14H12ClNO4S.C3H8NO5P/c1-23-13(21)8-24-12-7-11(10(17)6-9(12)16)18-14-19-4-2-3-5-20(19)15(22)25-14;1-21(18,19)12-6-9(15)4-5-10(12)13(17)11-7-16-20-14(11)8-2-3-8;5-3(6)1-4-2-10(7,8)9/h6-7H,2-5,8H2,1H3;4-8H,2-3H2,1H3;4H,1-2H2,(H,5,6)(H2,7,8,9)/b18-14-;;. The number of halogens is 3. The molecule has 0 atom stereocenters. The Morgan fingerprint density at radius 3 is 2.43 bits per heavy atom. The van der Waals surface area contributed by atoms with Crippen LogP contribution in [0.2, 0.25) is 10.0 Å². The Balaban J connectivity index is 0.000000203. The lowest BCUT2D eigenvalue weighted by Gasteiger charge is -2.15. The lowest BCUT2D eigenvalue weighted by atomic mass is 10.0. The Morgan fingerprint density at radius 2 is 1.82 bits per heavy atom. The zero-order valence-electron chi connectivity index (χ0n) is 29.5. The van der Waals surface area contributed by atoms with Gasteiger partial charge in [0, 0.05) is 40.7 Å². The van der Waals surface area contributed by atoms with Gasteiger partial charge in [-0.3, -0.25) is 33.7 Å². The maximum absolute atomic E-state index is 14.3. The average Bonchev–Trinajstić information content (AvgIpc) is 3.76. The topological polar surface area (TPSA) is 250 Å². The highest BCUT2D eigenvalue weighted by atomic mass is 35.5. The fraction of sp³-hybridized carbons (Fsp3) is 0.375. The Hall–Kier alpha value is -3.66. The number of fused-ring (bicyclic) bond motifs is 1. The van der Waals surface area contributed by atoms with Crippen LogP contribution in [0.5, 0.6) is 0 Å². The first kappa shape index (κ1) is 45.0. The molecule has 0 amide bonds. The van der Waals surface area contributed by atoms with Gasteiger partial charge < -0.3 is 24.2 Å². The first-order chi connectivity index (χ1) is 26.3. The van der Waals surface area contributed by atoms with Crippen molar-refractivity contribution < 1.29 is 55.9 Å². The Morgan fingerprint density at radius 1 is 1.14 bits per heavy atom. The normalized spacial score (nSPS) is 14.2. The quantitative estimate of drug-likeness (QED) is 0.0665. The Labute approximate surface area is 336 Å². The van der Waals surface area contributed by atoms with Crippen molar-refractivity contribution in [2.75, 3.05) is 31.9 Å². The summed E-state index contributed by atoms with van der Waals surface area (Å²) >= 11 is 14.0. The predicted octanol–water partition coefficient (Wildman–Crippen LogP) is 4.43. The minimum absolute atomic E-state index is 0.0605. The molecule has 1 aliphatic heterocycles. The van der Waals surface area contributed by atoms with E-state index >= 15 is 0 Å². The van der Waals surface area contributed by atoms with Gasteiger partial charge in [-0.15, -0.1) is 11.8 Å². The molecule has 1 saturated carbocycles. The van der Waals surface area contributed by atoms with Crippen molar-refractivity contribution in [2.24, 2.45) is 4.99 Å².